The maximum atomic E-state index is 13.1. The van der Waals surface area contributed by atoms with Gasteiger partial charge in [0, 0.05) is 38.9 Å². The van der Waals surface area contributed by atoms with Crippen LogP contribution in [0.2, 0.25) is 0 Å². The summed E-state index contributed by atoms with van der Waals surface area (Å²) in [7, 11) is 5.29. The van der Waals surface area contributed by atoms with E-state index in [-0.39, 0.29) is 11.5 Å². The first-order valence-electron chi connectivity index (χ1n) is 11.0. The smallest absolute Gasteiger partial charge is 0.253 e. The fourth-order valence-corrected chi connectivity index (χ4v) is 5.26. The predicted octanol–water partition coefficient (Wildman–Crippen LogP) is 3.86. The fraction of sp³-hybridized carbons (Fsp3) is 0.440. The number of ether oxygens (including phenoxy) is 2. The zero-order valence-electron chi connectivity index (χ0n) is 18.7. The zero-order valence-corrected chi connectivity index (χ0v) is 18.7. The molecule has 0 saturated heterocycles. The average Bonchev–Trinajstić information content (AvgIpc) is 3.28. The van der Waals surface area contributed by atoms with Crippen LogP contribution in [0.25, 0.3) is 11.0 Å². The van der Waals surface area contributed by atoms with E-state index in [1.165, 1.54) is 11.1 Å². The molecule has 6 heteroatoms. The molecule has 31 heavy (non-hydrogen) atoms. The topological polar surface area (TPSA) is 56.6 Å². The van der Waals surface area contributed by atoms with Crippen LogP contribution >= 0.6 is 0 Å². The van der Waals surface area contributed by atoms with Crippen LogP contribution in [0.5, 0.6) is 5.75 Å². The van der Waals surface area contributed by atoms with Crippen LogP contribution in [-0.2, 0) is 29.7 Å². The van der Waals surface area contributed by atoms with Gasteiger partial charge in [-0.3, -0.25) is 4.79 Å². The molecule has 1 aliphatic carbocycles. The first kappa shape index (κ1) is 20.1. The summed E-state index contributed by atoms with van der Waals surface area (Å²) in [5.74, 6) is 1.72. The van der Waals surface area contributed by atoms with E-state index in [4.69, 9.17) is 14.5 Å². The molecule has 1 spiro atoms. The van der Waals surface area contributed by atoms with E-state index in [1.54, 1.807) is 26.1 Å². The number of imidazole rings is 1. The zero-order chi connectivity index (χ0) is 21.8. The summed E-state index contributed by atoms with van der Waals surface area (Å²) in [5, 5.41) is 0. The van der Waals surface area contributed by atoms with Crippen molar-refractivity contribution in [1.29, 1.82) is 0 Å². The third kappa shape index (κ3) is 3.04. The molecule has 162 valence electrons. The van der Waals surface area contributed by atoms with Crippen molar-refractivity contribution in [3.8, 4) is 5.75 Å². The molecule has 2 aromatic carbocycles. The molecule has 0 radical (unpaired) electrons. The molecule has 0 fully saturated rings. The lowest BCUT2D eigenvalue weighted by molar-refractivity contribution is 0.0453. The normalized spacial score (nSPS) is 19.4. The third-order valence-corrected chi connectivity index (χ3v) is 6.82. The van der Waals surface area contributed by atoms with Crippen molar-refractivity contribution in [3.05, 3.63) is 58.4 Å². The van der Waals surface area contributed by atoms with Crippen molar-refractivity contribution in [2.45, 2.75) is 44.8 Å². The van der Waals surface area contributed by atoms with Gasteiger partial charge in [-0.1, -0.05) is 24.3 Å². The first-order valence-corrected chi connectivity index (χ1v) is 11.0. The highest BCUT2D eigenvalue weighted by Crippen LogP contribution is 2.50. The van der Waals surface area contributed by atoms with Crippen LogP contribution in [0.3, 0.4) is 0 Å². The SMILES string of the molecule is COCCn1c(C)nc2cc(C(=O)N(C)C)c3c(c21)OC1(CCc2ccccc21)CC3. The molecule has 2 aliphatic rings. The van der Waals surface area contributed by atoms with E-state index < -0.39 is 0 Å². The van der Waals surface area contributed by atoms with E-state index in [0.717, 1.165) is 53.9 Å². The molecule has 5 rings (SSSR count). The molecular formula is C25H29N3O3. The maximum Gasteiger partial charge on any atom is 0.253 e. The van der Waals surface area contributed by atoms with Gasteiger partial charge in [-0.15, -0.1) is 0 Å². The summed E-state index contributed by atoms with van der Waals surface area (Å²) in [6.07, 6.45) is 3.67. The molecule has 6 nitrogen and oxygen atoms in total. The molecule has 0 bridgehead atoms. The van der Waals surface area contributed by atoms with Crippen LogP contribution in [0.4, 0.5) is 0 Å². The highest BCUT2D eigenvalue weighted by Gasteiger charge is 2.45. The standard InChI is InChI=1S/C25H29N3O3/c1-16-26-21-15-19(24(29)27(2)3)18-10-12-25(11-9-17-7-5-6-8-20(17)25)31-23(18)22(21)28(16)13-14-30-4/h5-8,15H,9-14H2,1-4H3. The highest BCUT2D eigenvalue weighted by molar-refractivity contribution is 6.01. The molecule has 3 aromatic rings. The molecule has 0 N–H and O–H groups in total. The second kappa shape index (κ2) is 7.38. The number of benzene rings is 2. The van der Waals surface area contributed by atoms with Gasteiger partial charge in [-0.2, -0.15) is 0 Å². The Kier molecular flexibility index (Phi) is 4.77. The van der Waals surface area contributed by atoms with Gasteiger partial charge in [0.05, 0.1) is 12.1 Å². The third-order valence-electron chi connectivity index (χ3n) is 6.82. The van der Waals surface area contributed by atoms with Gasteiger partial charge in [0.1, 0.15) is 16.9 Å². The van der Waals surface area contributed by atoms with Gasteiger partial charge >= 0.3 is 0 Å². The number of aromatic nitrogens is 2. The van der Waals surface area contributed by atoms with Gasteiger partial charge in [0.25, 0.3) is 5.91 Å². The lowest BCUT2D eigenvalue weighted by Gasteiger charge is -2.38. The summed E-state index contributed by atoms with van der Waals surface area (Å²) in [5.41, 5.74) is 5.80. The van der Waals surface area contributed by atoms with Gasteiger partial charge in [0.15, 0.2) is 5.75 Å². The molecule has 2 heterocycles. The van der Waals surface area contributed by atoms with E-state index in [9.17, 15) is 4.79 Å². The van der Waals surface area contributed by atoms with Crippen LogP contribution in [-0.4, -0.2) is 48.2 Å². The second-order valence-corrected chi connectivity index (χ2v) is 8.86. The predicted molar refractivity (Wildman–Crippen MR) is 120 cm³/mol. The van der Waals surface area contributed by atoms with Gasteiger partial charge < -0.3 is 18.9 Å². The number of rotatable bonds is 4. The van der Waals surface area contributed by atoms with Gasteiger partial charge in [-0.25, -0.2) is 4.98 Å². The largest absolute Gasteiger partial charge is 0.480 e. The summed E-state index contributed by atoms with van der Waals surface area (Å²) in [4.78, 5) is 19.5. The second-order valence-electron chi connectivity index (χ2n) is 8.86. The highest BCUT2D eigenvalue weighted by atomic mass is 16.5. The quantitative estimate of drug-likeness (QED) is 0.644. The lowest BCUT2D eigenvalue weighted by atomic mass is 9.84. The summed E-state index contributed by atoms with van der Waals surface area (Å²) >= 11 is 0. The first-order chi connectivity index (χ1) is 14.9. The Morgan fingerprint density at radius 3 is 2.81 bits per heavy atom. The van der Waals surface area contributed by atoms with E-state index >= 15 is 0 Å². The van der Waals surface area contributed by atoms with Crippen molar-refractivity contribution < 1.29 is 14.3 Å². The molecular weight excluding hydrogens is 390 g/mol. The number of aryl methyl sites for hydroxylation is 2. The number of carbonyl (C=O) groups excluding carboxylic acids is 1. The van der Waals surface area contributed by atoms with E-state index in [0.29, 0.717) is 18.7 Å². The summed E-state index contributed by atoms with van der Waals surface area (Å²) in [6.45, 7) is 3.28. The molecule has 1 unspecified atom stereocenters. The molecule has 1 aromatic heterocycles. The lowest BCUT2D eigenvalue weighted by Crippen LogP contribution is -2.36. The van der Waals surface area contributed by atoms with Crippen LogP contribution < -0.4 is 4.74 Å². The fourth-order valence-electron chi connectivity index (χ4n) is 5.26. The van der Waals surface area contributed by atoms with Crippen molar-refractivity contribution in [2.24, 2.45) is 0 Å². The number of amides is 1. The van der Waals surface area contributed by atoms with Gasteiger partial charge in [-0.05, 0) is 49.8 Å². The van der Waals surface area contributed by atoms with Gasteiger partial charge in [0.2, 0.25) is 0 Å². The maximum absolute atomic E-state index is 13.1. The Bertz CT molecular complexity index is 1180. The van der Waals surface area contributed by atoms with Crippen LogP contribution in [0.1, 0.15) is 45.7 Å². The van der Waals surface area contributed by atoms with Crippen LogP contribution in [0.15, 0.2) is 30.3 Å². The molecule has 1 aliphatic heterocycles. The summed E-state index contributed by atoms with van der Waals surface area (Å²) < 4.78 is 14.5. The van der Waals surface area contributed by atoms with E-state index in [2.05, 4.69) is 28.8 Å². The number of carbonyl (C=O) groups is 1. The minimum atomic E-state index is -0.333. The Balaban J connectivity index is 1.73. The van der Waals surface area contributed by atoms with Crippen molar-refractivity contribution in [3.63, 3.8) is 0 Å². The van der Waals surface area contributed by atoms with Crippen molar-refractivity contribution >= 4 is 16.9 Å². The minimum Gasteiger partial charge on any atom is -0.480 e. The Labute approximate surface area is 182 Å². The Morgan fingerprint density at radius 2 is 2.03 bits per heavy atom. The average molecular weight is 420 g/mol. The number of hydrogen-bond donors (Lipinski definition) is 0. The molecule has 1 amide bonds. The Hall–Kier alpha value is -2.86. The number of methoxy groups -OCH3 is 1. The molecule has 1 atom stereocenters. The number of fused-ring (bicyclic) bond motifs is 5. The van der Waals surface area contributed by atoms with E-state index in [1.807, 2.05) is 13.0 Å². The van der Waals surface area contributed by atoms with Crippen molar-refractivity contribution in [2.75, 3.05) is 27.8 Å². The Morgan fingerprint density at radius 1 is 1.26 bits per heavy atom. The summed E-state index contributed by atoms with van der Waals surface area (Å²) in [6, 6.07) is 10.5. The molecule has 0 saturated carbocycles. The number of hydrogen-bond acceptors (Lipinski definition) is 4. The minimum absolute atomic E-state index is 0.00591. The number of nitrogens with zero attached hydrogens (tertiary/aromatic N) is 3. The monoisotopic (exact) mass is 419 g/mol. The van der Waals surface area contributed by atoms with Crippen molar-refractivity contribution in [1.82, 2.24) is 14.5 Å². The van der Waals surface area contributed by atoms with Crippen LogP contribution in [0, 0.1) is 6.92 Å².